The highest BCUT2D eigenvalue weighted by atomic mass is 79.9. The first kappa shape index (κ1) is 19.1. The van der Waals surface area contributed by atoms with Crippen LogP contribution < -0.4 is 4.74 Å². The highest BCUT2D eigenvalue weighted by Crippen LogP contribution is 2.24. The van der Waals surface area contributed by atoms with Crippen LogP contribution in [0.5, 0.6) is 5.75 Å². The smallest absolute Gasteiger partial charge is 0.363 e. The molecule has 0 aliphatic carbocycles. The van der Waals surface area contributed by atoms with Crippen LogP contribution in [0.2, 0.25) is 0 Å². The lowest BCUT2D eigenvalue weighted by atomic mass is 10.2. The minimum Gasteiger partial charge on any atom is -0.489 e. The van der Waals surface area contributed by atoms with Crippen molar-refractivity contribution in [1.29, 1.82) is 0 Å². The van der Waals surface area contributed by atoms with Crippen molar-refractivity contribution in [3.05, 3.63) is 105 Å². The van der Waals surface area contributed by atoms with Crippen molar-refractivity contribution in [3.63, 3.8) is 0 Å². The molecule has 4 rings (SSSR count). The van der Waals surface area contributed by atoms with E-state index in [1.54, 1.807) is 30.3 Å². The summed E-state index contributed by atoms with van der Waals surface area (Å²) in [5.74, 6) is 0.172. The number of benzene rings is 3. The van der Waals surface area contributed by atoms with Gasteiger partial charge in [-0.3, -0.25) is 0 Å². The van der Waals surface area contributed by atoms with Gasteiger partial charge in [0.25, 0.3) is 0 Å². The number of esters is 1. The second-order valence-electron chi connectivity index (χ2n) is 6.30. The Morgan fingerprint density at radius 1 is 1.00 bits per heavy atom. The Bertz CT molecular complexity index is 1110. The molecule has 0 saturated heterocycles. The van der Waals surface area contributed by atoms with Crippen LogP contribution in [0.3, 0.4) is 0 Å². The normalized spacial score (nSPS) is 14.6. The molecule has 0 unspecified atom stereocenters. The molecule has 0 bridgehead atoms. The van der Waals surface area contributed by atoms with E-state index in [2.05, 4.69) is 20.9 Å². The van der Waals surface area contributed by atoms with Crippen molar-refractivity contribution >= 4 is 33.9 Å². The van der Waals surface area contributed by atoms with Crippen LogP contribution in [-0.2, 0) is 16.1 Å². The lowest BCUT2D eigenvalue weighted by Crippen LogP contribution is -2.05. The Hall–Kier alpha value is -3.25. The number of ether oxygens (including phenoxy) is 2. The standard InChI is InChI=1S/C23H15BrFNO3/c24-20-4-2-1-3-19(20)22-26-21(23(27)29-22)13-15-7-11-18(12-8-15)28-14-16-5-9-17(25)10-6-16/h1-13H,14H2/b21-13-. The quantitative estimate of drug-likeness (QED) is 0.379. The zero-order valence-corrected chi connectivity index (χ0v) is 16.7. The third-order valence-electron chi connectivity index (χ3n) is 4.23. The monoisotopic (exact) mass is 451 g/mol. The van der Waals surface area contributed by atoms with Gasteiger partial charge in [0.2, 0.25) is 5.90 Å². The molecule has 144 valence electrons. The molecule has 0 fully saturated rings. The zero-order valence-electron chi connectivity index (χ0n) is 15.1. The molecule has 0 spiro atoms. The molecule has 4 nitrogen and oxygen atoms in total. The molecule has 0 N–H and O–H groups in total. The summed E-state index contributed by atoms with van der Waals surface area (Å²) in [6.07, 6.45) is 1.66. The maximum Gasteiger partial charge on any atom is 0.363 e. The Kier molecular flexibility index (Phi) is 5.53. The summed E-state index contributed by atoms with van der Waals surface area (Å²) < 4.78 is 24.7. The molecule has 0 atom stereocenters. The second kappa shape index (κ2) is 8.41. The van der Waals surface area contributed by atoms with Gasteiger partial charge in [0.15, 0.2) is 5.70 Å². The van der Waals surface area contributed by atoms with E-state index in [9.17, 15) is 9.18 Å². The fourth-order valence-electron chi connectivity index (χ4n) is 2.72. The van der Waals surface area contributed by atoms with Gasteiger partial charge in [-0.2, -0.15) is 0 Å². The molecule has 3 aromatic rings. The van der Waals surface area contributed by atoms with Crippen LogP contribution in [0, 0.1) is 5.82 Å². The summed E-state index contributed by atoms with van der Waals surface area (Å²) >= 11 is 3.43. The lowest BCUT2D eigenvalue weighted by molar-refractivity contribution is -0.129. The van der Waals surface area contributed by atoms with Crippen molar-refractivity contribution in [3.8, 4) is 5.75 Å². The van der Waals surface area contributed by atoms with Gasteiger partial charge in [-0.25, -0.2) is 14.2 Å². The van der Waals surface area contributed by atoms with Crippen molar-refractivity contribution < 1.29 is 18.7 Å². The van der Waals surface area contributed by atoms with Gasteiger partial charge in [-0.05, 0) is 69.5 Å². The van der Waals surface area contributed by atoms with E-state index in [1.807, 2.05) is 36.4 Å². The van der Waals surface area contributed by atoms with Crippen LogP contribution in [0.15, 0.2) is 88.0 Å². The first-order valence-corrected chi connectivity index (χ1v) is 9.62. The summed E-state index contributed by atoms with van der Waals surface area (Å²) in [4.78, 5) is 16.5. The molecular weight excluding hydrogens is 437 g/mol. The van der Waals surface area contributed by atoms with Crippen LogP contribution >= 0.6 is 15.9 Å². The van der Waals surface area contributed by atoms with Crippen molar-refractivity contribution in [2.45, 2.75) is 6.61 Å². The molecule has 0 saturated carbocycles. The number of hydrogen-bond donors (Lipinski definition) is 0. The summed E-state index contributed by atoms with van der Waals surface area (Å²) in [7, 11) is 0. The van der Waals surface area contributed by atoms with Gasteiger partial charge in [0.1, 0.15) is 18.2 Å². The maximum atomic E-state index is 12.9. The van der Waals surface area contributed by atoms with E-state index >= 15 is 0 Å². The van der Waals surface area contributed by atoms with Crippen molar-refractivity contribution in [2.75, 3.05) is 0 Å². The summed E-state index contributed by atoms with van der Waals surface area (Å²) in [6.45, 7) is 0.340. The average molecular weight is 452 g/mol. The van der Waals surface area contributed by atoms with Crippen LogP contribution in [-0.4, -0.2) is 11.9 Å². The van der Waals surface area contributed by atoms with E-state index in [0.29, 0.717) is 17.9 Å². The molecule has 3 aromatic carbocycles. The van der Waals surface area contributed by atoms with E-state index in [4.69, 9.17) is 9.47 Å². The summed E-state index contributed by atoms with van der Waals surface area (Å²) in [6, 6.07) is 20.8. The number of hydrogen-bond acceptors (Lipinski definition) is 4. The van der Waals surface area contributed by atoms with Gasteiger partial charge < -0.3 is 9.47 Å². The molecule has 0 amide bonds. The van der Waals surface area contributed by atoms with Crippen molar-refractivity contribution in [1.82, 2.24) is 0 Å². The molecular formula is C23H15BrFNO3. The first-order valence-electron chi connectivity index (χ1n) is 8.83. The van der Waals surface area contributed by atoms with E-state index in [-0.39, 0.29) is 17.4 Å². The Balaban J connectivity index is 1.46. The third kappa shape index (κ3) is 4.60. The Labute approximate surface area is 175 Å². The predicted octanol–water partition coefficient (Wildman–Crippen LogP) is 5.51. The molecule has 1 aliphatic rings. The summed E-state index contributed by atoms with van der Waals surface area (Å²) in [5, 5.41) is 0. The Morgan fingerprint density at radius 3 is 2.45 bits per heavy atom. The minimum atomic E-state index is -0.493. The molecule has 6 heteroatoms. The van der Waals surface area contributed by atoms with Crippen LogP contribution in [0.25, 0.3) is 6.08 Å². The molecule has 1 aliphatic heterocycles. The SMILES string of the molecule is O=C1OC(c2ccccc2Br)=N/C1=C\c1ccc(OCc2ccc(F)cc2)cc1. The number of halogens is 2. The molecule has 0 radical (unpaired) electrons. The fourth-order valence-corrected chi connectivity index (χ4v) is 3.18. The largest absolute Gasteiger partial charge is 0.489 e. The molecule has 0 aromatic heterocycles. The van der Waals surface area contributed by atoms with Crippen molar-refractivity contribution in [2.24, 2.45) is 4.99 Å². The highest BCUT2D eigenvalue weighted by molar-refractivity contribution is 9.10. The number of rotatable bonds is 5. The second-order valence-corrected chi connectivity index (χ2v) is 7.15. The fraction of sp³-hybridized carbons (Fsp3) is 0.0435. The Morgan fingerprint density at radius 2 is 1.72 bits per heavy atom. The van der Waals surface area contributed by atoms with Gasteiger partial charge in [0, 0.05) is 4.47 Å². The van der Waals surface area contributed by atoms with E-state index in [1.165, 1.54) is 12.1 Å². The highest BCUT2D eigenvalue weighted by Gasteiger charge is 2.25. The van der Waals surface area contributed by atoms with Crippen LogP contribution in [0.1, 0.15) is 16.7 Å². The average Bonchev–Trinajstić information content (AvgIpc) is 3.09. The topological polar surface area (TPSA) is 47.9 Å². The number of aliphatic imine (C=N–C) groups is 1. The van der Waals surface area contributed by atoms with Gasteiger partial charge in [-0.1, -0.05) is 36.4 Å². The minimum absolute atomic E-state index is 0.232. The number of carbonyl (C=O) groups excluding carboxylic acids is 1. The van der Waals surface area contributed by atoms with Gasteiger partial charge in [-0.15, -0.1) is 0 Å². The van der Waals surface area contributed by atoms with E-state index < -0.39 is 5.97 Å². The van der Waals surface area contributed by atoms with Crippen LogP contribution in [0.4, 0.5) is 4.39 Å². The first-order chi connectivity index (χ1) is 14.1. The number of cyclic esters (lactones) is 1. The lowest BCUT2D eigenvalue weighted by Gasteiger charge is -2.06. The number of nitrogens with zero attached hydrogens (tertiary/aromatic N) is 1. The zero-order chi connectivity index (χ0) is 20.2. The third-order valence-corrected chi connectivity index (χ3v) is 4.92. The van der Waals surface area contributed by atoms with E-state index in [0.717, 1.165) is 15.6 Å². The van der Waals surface area contributed by atoms with Gasteiger partial charge >= 0.3 is 5.97 Å². The number of carbonyl (C=O) groups is 1. The van der Waals surface area contributed by atoms with Gasteiger partial charge in [0.05, 0.1) is 5.56 Å². The maximum absolute atomic E-state index is 12.9. The predicted molar refractivity (Wildman–Crippen MR) is 112 cm³/mol. The molecule has 1 heterocycles. The summed E-state index contributed by atoms with van der Waals surface area (Å²) in [5.41, 5.74) is 2.62. The molecule has 29 heavy (non-hydrogen) atoms.